The van der Waals surface area contributed by atoms with E-state index in [0.29, 0.717) is 11.7 Å². The largest absolute Gasteiger partial charge is 0.385 e. The highest BCUT2D eigenvalue weighted by Crippen LogP contribution is 2.00. The molecule has 0 amide bonds. The molecule has 0 saturated carbocycles. The molecule has 5 nitrogen and oxygen atoms in total. The summed E-state index contributed by atoms with van der Waals surface area (Å²) in [7, 11) is 3.63. The SMILES string of the molecule is COCCCNC(=S)NCc1cc(C)nn1C. The van der Waals surface area contributed by atoms with Crippen LogP contribution < -0.4 is 10.6 Å². The van der Waals surface area contributed by atoms with Crippen molar-refractivity contribution >= 4 is 17.3 Å². The number of methoxy groups -OCH3 is 1. The van der Waals surface area contributed by atoms with Crippen LogP contribution in [-0.2, 0) is 18.3 Å². The molecule has 17 heavy (non-hydrogen) atoms. The maximum Gasteiger partial charge on any atom is 0.166 e. The number of aryl methyl sites for hydroxylation is 2. The summed E-state index contributed by atoms with van der Waals surface area (Å²) in [4.78, 5) is 0. The lowest BCUT2D eigenvalue weighted by Gasteiger charge is -2.10. The molecule has 1 heterocycles. The summed E-state index contributed by atoms with van der Waals surface area (Å²) in [6.45, 7) is 4.24. The third-order valence-corrected chi connectivity index (χ3v) is 2.63. The van der Waals surface area contributed by atoms with E-state index in [0.717, 1.165) is 31.0 Å². The number of aromatic nitrogens is 2. The second-order valence-corrected chi connectivity index (χ2v) is 4.26. The molecule has 0 bridgehead atoms. The Labute approximate surface area is 108 Å². The van der Waals surface area contributed by atoms with Crippen molar-refractivity contribution in [2.45, 2.75) is 19.9 Å². The minimum Gasteiger partial charge on any atom is -0.385 e. The lowest BCUT2D eigenvalue weighted by Crippen LogP contribution is -2.36. The normalized spacial score (nSPS) is 10.3. The highest BCUT2D eigenvalue weighted by molar-refractivity contribution is 7.80. The summed E-state index contributed by atoms with van der Waals surface area (Å²) in [6.07, 6.45) is 0.948. The molecule has 0 saturated heterocycles. The van der Waals surface area contributed by atoms with Crippen molar-refractivity contribution in [3.8, 4) is 0 Å². The number of ether oxygens (including phenoxy) is 1. The quantitative estimate of drug-likeness (QED) is 0.580. The Morgan fingerprint density at radius 1 is 1.53 bits per heavy atom. The standard InChI is InChI=1S/C11H20N4OS/c1-9-7-10(15(2)14-9)8-13-11(17)12-5-4-6-16-3/h7H,4-6,8H2,1-3H3,(H2,12,13,17). The molecule has 1 rings (SSSR count). The molecule has 1 aromatic rings. The molecule has 0 aliphatic rings. The second-order valence-electron chi connectivity index (χ2n) is 3.86. The van der Waals surface area contributed by atoms with Crippen molar-refractivity contribution in [3.63, 3.8) is 0 Å². The first-order valence-corrected chi connectivity index (χ1v) is 6.04. The van der Waals surface area contributed by atoms with E-state index < -0.39 is 0 Å². The van der Waals surface area contributed by atoms with Gasteiger partial charge in [-0.1, -0.05) is 0 Å². The molecular formula is C11H20N4OS. The van der Waals surface area contributed by atoms with Gasteiger partial charge in [0.05, 0.1) is 17.9 Å². The molecule has 0 spiro atoms. The van der Waals surface area contributed by atoms with Crippen molar-refractivity contribution < 1.29 is 4.74 Å². The average Bonchev–Trinajstić information content (AvgIpc) is 2.61. The minimum absolute atomic E-state index is 0.667. The van der Waals surface area contributed by atoms with Crippen molar-refractivity contribution in [3.05, 3.63) is 17.5 Å². The van der Waals surface area contributed by atoms with Crippen LogP contribution >= 0.6 is 12.2 Å². The van der Waals surface area contributed by atoms with Crippen LogP contribution in [0.4, 0.5) is 0 Å². The van der Waals surface area contributed by atoms with Crippen LogP contribution in [0.2, 0.25) is 0 Å². The molecule has 0 atom stereocenters. The van der Waals surface area contributed by atoms with Crippen LogP contribution in [0.5, 0.6) is 0 Å². The fraction of sp³-hybridized carbons (Fsp3) is 0.636. The Morgan fingerprint density at radius 2 is 2.29 bits per heavy atom. The molecule has 0 unspecified atom stereocenters. The number of nitrogens with one attached hydrogen (secondary N) is 2. The molecule has 1 aromatic heterocycles. The minimum atomic E-state index is 0.667. The van der Waals surface area contributed by atoms with Crippen molar-refractivity contribution in [1.82, 2.24) is 20.4 Å². The van der Waals surface area contributed by atoms with Gasteiger partial charge in [0.1, 0.15) is 0 Å². The van der Waals surface area contributed by atoms with Gasteiger partial charge in [0.25, 0.3) is 0 Å². The Kier molecular flexibility index (Phi) is 5.93. The Bertz CT molecular complexity index is 364. The van der Waals surface area contributed by atoms with Gasteiger partial charge < -0.3 is 15.4 Å². The maximum atomic E-state index is 5.16. The number of hydrogen-bond acceptors (Lipinski definition) is 3. The summed E-state index contributed by atoms with van der Waals surface area (Å²) in [5, 5.41) is 11.2. The predicted octanol–water partition coefficient (Wildman–Crippen LogP) is 0.729. The van der Waals surface area contributed by atoms with Crippen LogP contribution in [0, 0.1) is 6.92 Å². The van der Waals surface area contributed by atoms with Crippen LogP contribution in [0.25, 0.3) is 0 Å². The fourth-order valence-electron chi connectivity index (χ4n) is 1.48. The zero-order valence-corrected chi connectivity index (χ0v) is 11.4. The van der Waals surface area contributed by atoms with Gasteiger partial charge in [0.15, 0.2) is 5.11 Å². The summed E-state index contributed by atoms with van der Waals surface area (Å²) in [6, 6.07) is 2.04. The average molecular weight is 256 g/mol. The van der Waals surface area contributed by atoms with E-state index in [9.17, 15) is 0 Å². The Balaban J connectivity index is 2.21. The van der Waals surface area contributed by atoms with Crippen molar-refractivity contribution in [2.75, 3.05) is 20.3 Å². The molecular weight excluding hydrogens is 236 g/mol. The first kappa shape index (κ1) is 13.9. The summed E-state index contributed by atoms with van der Waals surface area (Å²) in [5.41, 5.74) is 2.13. The van der Waals surface area contributed by atoms with Gasteiger partial charge in [-0.05, 0) is 31.6 Å². The van der Waals surface area contributed by atoms with Crippen molar-refractivity contribution in [1.29, 1.82) is 0 Å². The summed E-state index contributed by atoms with van der Waals surface area (Å²) >= 11 is 5.16. The molecule has 6 heteroatoms. The lowest BCUT2D eigenvalue weighted by molar-refractivity contribution is 0.195. The van der Waals surface area contributed by atoms with Crippen LogP contribution in [0.15, 0.2) is 6.07 Å². The molecule has 0 aliphatic carbocycles. The number of nitrogens with zero attached hydrogens (tertiary/aromatic N) is 2. The molecule has 0 aromatic carbocycles. The second kappa shape index (κ2) is 7.24. The lowest BCUT2D eigenvalue weighted by atomic mass is 10.4. The number of hydrogen-bond donors (Lipinski definition) is 2. The van der Waals surface area contributed by atoms with E-state index in [1.165, 1.54) is 0 Å². The Hall–Kier alpha value is -1.14. The van der Waals surface area contributed by atoms with E-state index in [2.05, 4.69) is 15.7 Å². The first-order chi connectivity index (χ1) is 8.13. The van der Waals surface area contributed by atoms with Gasteiger partial charge in [-0.25, -0.2) is 0 Å². The van der Waals surface area contributed by atoms with Crippen LogP contribution in [0.1, 0.15) is 17.8 Å². The monoisotopic (exact) mass is 256 g/mol. The molecule has 0 radical (unpaired) electrons. The van der Waals surface area contributed by atoms with Gasteiger partial charge in [-0.2, -0.15) is 5.10 Å². The van der Waals surface area contributed by atoms with E-state index in [1.807, 2.05) is 24.7 Å². The van der Waals surface area contributed by atoms with Crippen molar-refractivity contribution in [2.24, 2.45) is 7.05 Å². The summed E-state index contributed by atoms with van der Waals surface area (Å²) < 4.78 is 6.81. The number of rotatable bonds is 6. The molecule has 96 valence electrons. The first-order valence-electron chi connectivity index (χ1n) is 5.63. The molecule has 0 fully saturated rings. The summed E-state index contributed by atoms with van der Waals surface area (Å²) in [5.74, 6) is 0. The van der Waals surface area contributed by atoms with Gasteiger partial charge in [0, 0.05) is 27.3 Å². The number of thiocarbonyl (C=S) groups is 1. The zero-order valence-electron chi connectivity index (χ0n) is 10.6. The third kappa shape index (κ3) is 5.14. The van der Waals surface area contributed by atoms with Gasteiger partial charge in [-0.3, -0.25) is 4.68 Å². The predicted molar refractivity (Wildman–Crippen MR) is 71.9 cm³/mol. The fourth-order valence-corrected chi connectivity index (χ4v) is 1.66. The maximum absolute atomic E-state index is 5.16. The van der Waals surface area contributed by atoms with E-state index >= 15 is 0 Å². The van der Waals surface area contributed by atoms with E-state index in [-0.39, 0.29) is 0 Å². The van der Waals surface area contributed by atoms with E-state index in [1.54, 1.807) is 7.11 Å². The third-order valence-electron chi connectivity index (χ3n) is 2.34. The highest BCUT2D eigenvalue weighted by atomic mass is 32.1. The van der Waals surface area contributed by atoms with E-state index in [4.69, 9.17) is 17.0 Å². The smallest absolute Gasteiger partial charge is 0.166 e. The van der Waals surface area contributed by atoms with Gasteiger partial charge in [-0.15, -0.1) is 0 Å². The Morgan fingerprint density at radius 3 is 2.88 bits per heavy atom. The van der Waals surface area contributed by atoms with Crippen LogP contribution in [-0.4, -0.2) is 35.2 Å². The zero-order chi connectivity index (χ0) is 12.7. The van der Waals surface area contributed by atoms with Gasteiger partial charge in [0.2, 0.25) is 0 Å². The topological polar surface area (TPSA) is 51.1 Å². The molecule has 2 N–H and O–H groups in total. The highest BCUT2D eigenvalue weighted by Gasteiger charge is 2.02. The molecule has 0 aliphatic heterocycles. The van der Waals surface area contributed by atoms with Gasteiger partial charge >= 0.3 is 0 Å². The van der Waals surface area contributed by atoms with Crippen LogP contribution in [0.3, 0.4) is 0 Å².